The number of carbonyl (C=O) groups excluding carboxylic acids is 1. The van der Waals surface area contributed by atoms with Crippen LogP contribution in [0, 0.1) is 0 Å². The Morgan fingerprint density at radius 1 is 1.43 bits per heavy atom. The Morgan fingerprint density at radius 2 is 2.07 bits per heavy atom. The maximum Gasteiger partial charge on any atom is 0.270 e. The summed E-state index contributed by atoms with van der Waals surface area (Å²) in [4.78, 5) is 15.3. The zero-order valence-corrected chi connectivity index (χ0v) is 8.50. The van der Waals surface area contributed by atoms with Crippen LogP contribution < -0.4 is 5.32 Å². The molecule has 1 N–H and O–H groups in total. The minimum Gasteiger partial charge on any atom is -0.346 e. The Hall–Kier alpha value is -1.58. The molecule has 0 saturated heterocycles. The van der Waals surface area contributed by atoms with E-state index < -0.39 is 0 Å². The largest absolute Gasteiger partial charge is 0.346 e. The molecule has 0 saturated carbocycles. The van der Waals surface area contributed by atoms with Gasteiger partial charge in [0.25, 0.3) is 5.91 Å². The van der Waals surface area contributed by atoms with Gasteiger partial charge in [0.2, 0.25) is 0 Å². The Labute approximate surface area is 83.0 Å². The maximum atomic E-state index is 11.5. The summed E-state index contributed by atoms with van der Waals surface area (Å²) in [6.45, 7) is 5.60. The summed E-state index contributed by atoms with van der Waals surface area (Å²) < 4.78 is 0. The third-order valence-electron chi connectivity index (χ3n) is 1.45. The summed E-state index contributed by atoms with van der Waals surface area (Å²) >= 11 is 0. The molecule has 1 heterocycles. The fourth-order valence-electron chi connectivity index (χ4n) is 0.940. The van der Waals surface area contributed by atoms with Gasteiger partial charge in [-0.15, -0.1) is 0 Å². The molecule has 0 bridgehead atoms. The van der Waals surface area contributed by atoms with Crippen LogP contribution in [0.1, 0.15) is 31.3 Å². The van der Waals surface area contributed by atoms with Crippen LogP contribution >= 0.6 is 0 Å². The molecule has 1 aromatic heterocycles. The van der Waals surface area contributed by atoms with Gasteiger partial charge >= 0.3 is 0 Å². The number of hydrogen-bond acceptors (Lipinski definition) is 2. The lowest BCUT2D eigenvalue weighted by Gasteiger charge is -2.19. The minimum atomic E-state index is -0.324. The molecular weight excluding hydrogens is 180 g/mol. The monoisotopic (exact) mass is 193 g/mol. The Bertz CT molecular complexity index is 342. The van der Waals surface area contributed by atoms with Crippen molar-refractivity contribution in [3.63, 3.8) is 0 Å². The Kier molecular flexibility index (Phi) is 2.74. The number of hydrogen-bond donors (Lipinski definition) is 1. The average molecular weight is 193 g/mol. The number of nitrogens with zero attached hydrogens (tertiary/aromatic N) is 1. The van der Waals surface area contributed by atoms with Gasteiger partial charge in [-0.2, -0.15) is 0 Å². The number of aromatic nitrogens is 1. The molecule has 0 fully saturated rings. The molecular formula is C10H13N2O2. The van der Waals surface area contributed by atoms with Crippen molar-refractivity contribution in [1.29, 1.82) is 0 Å². The molecule has 1 rings (SSSR count). The van der Waals surface area contributed by atoms with Crippen molar-refractivity contribution in [1.82, 2.24) is 10.3 Å². The molecule has 0 spiro atoms. The Balaban J connectivity index is 2.80. The van der Waals surface area contributed by atoms with Crippen LogP contribution in [0.25, 0.3) is 0 Å². The van der Waals surface area contributed by atoms with Crippen LogP contribution in [-0.2, 0) is 5.11 Å². The van der Waals surface area contributed by atoms with Crippen LogP contribution in [0.5, 0.6) is 5.75 Å². The summed E-state index contributed by atoms with van der Waals surface area (Å²) in [5.41, 5.74) is -0.162. The van der Waals surface area contributed by atoms with Gasteiger partial charge in [-0.1, -0.05) is 0 Å². The van der Waals surface area contributed by atoms with Gasteiger partial charge in [0.15, 0.2) is 5.75 Å². The molecule has 0 aliphatic carbocycles. The molecule has 0 aliphatic heterocycles. The number of carbonyl (C=O) groups is 1. The van der Waals surface area contributed by atoms with Gasteiger partial charge in [0.1, 0.15) is 5.69 Å². The second kappa shape index (κ2) is 3.65. The fourth-order valence-corrected chi connectivity index (χ4v) is 0.940. The molecule has 0 atom stereocenters. The van der Waals surface area contributed by atoms with Crippen LogP contribution in [0.4, 0.5) is 0 Å². The van der Waals surface area contributed by atoms with Crippen molar-refractivity contribution in [3.05, 3.63) is 24.0 Å². The first-order valence-electron chi connectivity index (χ1n) is 4.34. The quantitative estimate of drug-likeness (QED) is 0.738. The van der Waals surface area contributed by atoms with E-state index in [0.717, 1.165) is 0 Å². The maximum absolute atomic E-state index is 11.5. The standard InChI is InChI=1S/C10H13N2O2/c1-10(2,3)12-9(14)8-6-7(13)4-5-11-8/h4-6H,1-3H3,(H,12,14). The summed E-state index contributed by atoms with van der Waals surface area (Å²) in [5.74, 6) is -0.533. The summed E-state index contributed by atoms with van der Waals surface area (Å²) in [6.07, 6.45) is 1.33. The van der Waals surface area contributed by atoms with Crippen molar-refractivity contribution in [2.45, 2.75) is 26.3 Å². The average Bonchev–Trinajstić information content (AvgIpc) is 2.01. The highest BCUT2D eigenvalue weighted by molar-refractivity contribution is 5.92. The van der Waals surface area contributed by atoms with E-state index in [4.69, 9.17) is 0 Å². The normalized spacial score (nSPS) is 11.1. The lowest BCUT2D eigenvalue weighted by molar-refractivity contribution is 0.0913. The number of nitrogens with one attached hydrogen (secondary N) is 1. The van der Waals surface area contributed by atoms with Crippen LogP contribution in [0.3, 0.4) is 0 Å². The molecule has 4 nitrogen and oxygen atoms in total. The van der Waals surface area contributed by atoms with Crippen LogP contribution in [0.15, 0.2) is 18.3 Å². The zero-order chi connectivity index (χ0) is 10.8. The molecule has 0 aliphatic rings. The summed E-state index contributed by atoms with van der Waals surface area (Å²) in [5, 5.41) is 13.7. The number of rotatable bonds is 1. The third kappa shape index (κ3) is 3.05. The highest BCUT2D eigenvalue weighted by atomic mass is 16.3. The molecule has 1 amide bonds. The van der Waals surface area contributed by atoms with Gasteiger partial charge in [0.05, 0.1) is 0 Å². The number of pyridine rings is 1. The van der Waals surface area contributed by atoms with E-state index in [1.54, 1.807) is 0 Å². The minimum absolute atomic E-state index is 0.160. The predicted molar refractivity (Wildman–Crippen MR) is 51.6 cm³/mol. The smallest absolute Gasteiger partial charge is 0.270 e. The van der Waals surface area contributed by atoms with Gasteiger partial charge in [-0.05, 0) is 20.8 Å². The highest BCUT2D eigenvalue weighted by Crippen LogP contribution is 2.10. The fraction of sp³-hybridized carbons (Fsp3) is 0.400. The van der Waals surface area contributed by atoms with Crippen LogP contribution in [0.2, 0.25) is 0 Å². The topological polar surface area (TPSA) is 61.9 Å². The van der Waals surface area contributed by atoms with E-state index in [0.29, 0.717) is 0 Å². The summed E-state index contributed by atoms with van der Waals surface area (Å²) in [6, 6.07) is 2.54. The van der Waals surface area contributed by atoms with E-state index in [-0.39, 0.29) is 22.9 Å². The Morgan fingerprint density at radius 3 is 2.57 bits per heavy atom. The van der Waals surface area contributed by atoms with Gasteiger partial charge in [0, 0.05) is 23.9 Å². The number of amides is 1. The lowest BCUT2D eigenvalue weighted by atomic mass is 10.1. The van der Waals surface area contributed by atoms with Crippen molar-refractivity contribution >= 4 is 5.91 Å². The summed E-state index contributed by atoms with van der Waals surface area (Å²) in [7, 11) is 0. The molecule has 0 aromatic carbocycles. The van der Waals surface area contributed by atoms with E-state index in [1.165, 1.54) is 18.3 Å². The van der Waals surface area contributed by atoms with E-state index in [2.05, 4.69) is 10.3 Å². The van der Waals surface area contributed by atoms with Crippen molar-refractivity contribution in [2.75, 3.05) is 0 Å². The molecule has 1 radical (unpaired) electrons. The van der Waals surface area contributed by atoms with Crippen molar-refractivity contribution in [2.24, 2.45) is 0 Å². The predicted octanol–water partition coefficient (Wildman–Crippen LogP) is 1.75. The molecule has 75 valence electrons. The first-order chi connectivity index (χ1) is 6.38. The van der Waals surface area contributed by atoms with Crippen molar-refractivity contribution < 1.29 is 9.90 Å². The molecule has 1 aromatic rings. The molecule has 4 heteroatoms. The second-order valence-corrected chi connectivity index (χ2v) is 4.08. The zero-order valence-electron chi connectivity index (χ0n) is 8.50. The van der Waals surface area contributed by atoms with Crippen LogP contribution in [-0.4, -0.2) is 16.4 Å². The second-order valence-electron chi connectivity index (χ2n) is 4.08. The van der Waals surface area contributed by atoms with Gasteiger partial charge in [-0.25, -0.2) is 0 Å². The molecule has 0 unspecified atom stereocenters. The van der Waals surface area contributed by atoms with Gasteiger partial charge in [-0.3, -0.25) is 14.9 Å². The molecule has 14 heavy (non-hydrogen) atoms. The van der Waals surface area contributed by atoms with Gasteiger partial charge < -0.3 is 5.32 Å². The van der Waals surface area contributed by atoms with E-state index in [1.807, 2.05) is 20.8 Å². The first-order valence-corrected chi connectivity index (χ1v) is 4.34. The van der Waals surface area contributed by atoms with E-state index in [9.17, 15) is 9.90 Å². The van der Waals surface area contributed by atoms with Crippen molar-refractivity contribution in [3.8, 4) is 5.75 Å². The van der Waals surface area contributed by atoms with E-state index >= 15 is 0 Å². The highest BCUT2D eigenvalue weighted by Gasteiger charge is 2.16. The first kappa shape index (κ1) is 10.5. The third-order valence-corrected chi connectivity index (χ3v) is 1.45. The SMILES string of the molecule is CC(C)(C)NC(=O)c1cc([O])ccn1. The lowest BCUT2D eigenvalue weighted by Crippen LogP contribution is -2.40.